The molecule has 3 amide bonds. The summed E-state index contributed by atoms with van der Waals surface area (Å²) in [6, 6.07) is 3.13. The van der Waals surface area contributed by atoms with E-state index in [0.717, 1.165) is 37.0 Å². The van der Waals surface area contributed by atoms with Gasteiger partial charge in [0.1, 0.15) is 11.7 Å². The fourth-order valence-electron chi connectivity index (χ4n) is 4.98. The van der Waals surface area contributed by atoms with Crippen molar-refractivity contribution in [3.8, 4) is 0 Å². The van der Waals surface area contributed by atoms with E-state index in [1.54, 1.807) is 11.9 Å². The molecule has 1 aliphatic carbocycles. The van der Waals surface area contributed by atoms with Crippen LogP contribution in [0.1, 0.15) is 48.2 Å². The first kappa shape index (κ1) is 23.2. The van der Waals surface area contributed by atoms with Crippen molar-refractivity contribution in [1.29, 1.82) is 0 Å². The monoisotopic (exact) mass is 454 g/mol. The largest absolute Gasteiger partial charge is 0.343 e. The molecule has 2 aliphatic rings. The van der Waals surface area contributed by atoms with Gasteiger partial charge < -0.3 is 24.8 Å². The molecule has 2 fully saturated rings. The number of aromatic nitrogens is 2. The summed E-state index contributed by atoms with van der Waals surface area (Å²) in [6.07, 6.45) is 9.08. The number of nitrogens with zero attached hydrogens (tertiary/aromatic N) is 4. The van der Waals surface area contributed by atoms with Gasteiger partial charge in [0.2, 0.25) is 11.8 Å². The number of rotatable bonds is 6. The van der Waals surface area contributed by atoms with Crippen LogP contribution in [0.25, 0.3) is 5.65 Å². The Balaban J connectivity index is 1.39. The van der Waals surface area contributed by atoms with Crippen LogP contribution in [0, 0.1) is 12.8 Å². The van der Waals surface area contributed by atoms with E-state index in [-0.39, 0.29) is 30.2 Å². The third-order valence-corrected chi connectivity index (χ3v) is 6.75. The van der Waals surface area contributed by atoms with Crippen molar-refractivity contribution in [2.45, 2.75) is 45.1 Å². The number of amides is 3. The number of pyridine rings is 1. The van der Waals surface area contributed by atoms with Crippen LogP contribution in [0.15, 0.2) is 24.5 Å². The Hall–Kier alpha value is -2.94. The maximum atomic E-state index is 13.4. The zero-order chi connectivity index (χ0) is 23.4. The Bertz CT molecular complexity index is 1000. The highest BCUT2D eigenvalue weighted by atomic mass is 16.2. The SMILES string of the molecule is CNCC(=O)NC(C(=O)N1CCN(C(=O)c2ccn3cc(C)nc3c2)CC1)C1CCCCC1. The summed E-state index contributed by atoms with van der Waals surface area (Å²) >= 11 is 0. The second-order valence-corrected chi connectivity index (χ2v) is 9.15. The second-order valence-electron chi connectivity index (χ2n) is 9.15. The van der Waals surface area contributed by atoms with Gasteiger partial charge in [0, 0.05) is 44.1 Å². The van der Waals surface area contributed by atoms with E-state index >= 15 is 0 Å². The molecular formula is C24H34N6O3. The van der Waals surface area contributed by atoms with Crippen molar-refractivity contribution in [3.63, 3.8) is 0 Å². The summed E-state index contributed by atoms with van der Waals surface area (Å²) in [5, 5.41) is 5.83. The molecule has 0 aromatic carbocycles. The number of hydrogen-bond donors (Lipinski definition) is 2. The van der Waals surface area contributed by atoms with Crippen molar-refractivity contribution in [1.82, 2.24) is 29.8 Å². The molecule has 0 spiro atoms. The number of piperazine rings is 1. The quantitative estimate of drug-likeness (QED) is 0.684. The van der Waals surface area contributed by atoms with Gasteiger partial charge in [-0.2, -0.15) is 0 Å². The fourth-order valence-corrected chi connectivity index (χ4v) is 4.98. The highest BCUT2D eigenvalue weighted by Gasteiger charge is 2.35. The summed E-state index contributed by atoms with van der Waals surface area (Å²) in [5.74, 6) is -0.0413. The lowest BCUT2D eigenvalue weighted by atomic mass is 9.83. The molecule has 1 unspecified atom stereocenters. The molecule has 1 aliphatic heterocycles. The molecule has 9 heteroatoms. The van der Waals surface area contributed by atoms with Crippen LogP contribution >= 0.6 is 0 Å². The van der Waals surface area contributed by atoms with E-state index in [1.165, 1.54) is 6.42 Å². The molecule has 3 heterocycles. The minimum atomic E-state index is -0.487. The first-order chi connectivity index (χ1) is 16.0. The number of carbonyl (C=O) groups excluding carboxylic acids is 3. The van der Waals surface area contributed by atoms with E-state index in [1.807, 2.05) is 40.8 Å². The third-order valence-electron chi connectivity index (χ3n) is 6.75. The van der Waals surface area contributed by atoms with Crippen LogP contribution in [0.2, 0.25) is 0 Å². The third kappa shape index (κ3) is 5.35. The molecule has 9 nitrogen and oxygen atoms in total. The molecule has 1 atom stereocenters. The van der Waals surface area contributed by atoms with Crippen LogP contribution in [-0.4, -0.2) is 82.7 Å². The number of fused-ring (bicyclic) bond motifs is 1. The van der Waals surface area contributed by atoms with Gasteiger partial charge in [-0.1, -0.05) is 19.3 Å². The first-order valence-electron chi connectivity index (χ1n) is 11.9. The topological polar surface area (TPSA) is 99.0 Å². The molecule has 1 saturated carbocycles. The standard InChI is InChI=1S/C24H34N6O3/c1-17-16-30-9-8-19(14-20(30)26-17)23(32)28-10-12-29(13-11-28)24(33)22(27-21(31)15-25-2)18-6-4-3-5-7-18/h8-9,14,16,18,22,25H,3-7,10-13,15H2,1-2H3,(H,27,31). The smallest absolute Gasteiger partial charge is 0.254 e. The molecule has 0 bridgehead atoms. The number of nitrogens with one attached hydrogen (secondary N) is 2. The number of hydrogen-bond acceptors (Lipinski definition) is 5. The van der Waals surface area contributed by atoms with Crippen molar-refractivity contribution in [2.75, 3.05) is 39.8 Å². The Morgan fingerprint density at radius 2 is 1.79 bits per heavy atom. The molecule has 178 valence electrons. The molecule has 2 aromatic heterocycles. The maximum absolute atomic E-state index is 13.4. The zero-order valence-corrected chi connectivity index (χ0v) is 19.5. The second kappa shape index (κ2) is 10.3. The van der Waals surface area contributed by atoms with Gasteiger partial charge in [0.05, 0.1) is 12.2 Å². The lowest BCUT2D eigenvalue weighted by molar-refractivity contribution is -0.139. The average Bonchev–Trinajstić information content (AvgIpc) is 3.21. The normalized spacial score (nSPS) is 18.4. The average molecular weight is 455 g/mol. The summed E-state index contributed by atoms with van der Waals surface area (Å²) in [5.41, 5.74) is 2.26. The minimum Gasteiger partial charge on any atom is -0.343 e. The molecule has 2 N–H and O–H groups in total. The first-order valence-corrected chi connectivity index (χ1v) is 11.9. The van der Waals surface area contributed by atoms with E-state index in [9.17, 15) is 14.4 Å². The summed E-state index contributed by atoms with van der Waals surface area (Å²) in [7, 11) is 1.72. The molecule has 4 rings (SSSR count). The highest BCUT2D eigenvalue weighted by molar-refractivity contribution is 5.95. The minimum absolute atomic E-state index is 0.0206. The Morgan fingerprint density at radius 3 is 2.48 bits per heavy atom. The van der Waals surface area contributed by atoms with Gasteiger partial charge in [-0.15, -0.1) is 0 Å². The van der Waals surface area contributed by atoms with Gasteiger partial charge in [0.25, 0.3) is 5.91 Å². The van der Waals surface area contributed by atoms with Crippen LogP contribution in [0.3, 0.4) is 0 Å². The number of aryl methyl sites for hydroxylation is 1. The van der Waals surface area contributed by atoms with E-state index in [0.29, 0.717) is 31.7 Å². The van der Waals surface area contributed by atoms with Crippen LogP contribution in [0.5, 0.6) is 0 Å². The van der Waals surface area contributed by atoms with Crippen LogP contribution in [-0.2, 0) is 9.59 Å². The molecule has 0 radical (unpaired) electrons. The number of likely N-dealkylation sites (N-methyl/N-ethyl adjacent to an activating group) is 1. The Labute approximate surface area is 194 Å². The van der Waals surface area contributed by atoms with E-state index in [4.69, 9.17) is 0 Å². The number of imidazole rings is 1. The lowest BCUT2D eigenvalue weighted by Gasteiger charge is -2.39. The molecule has 2 aromatic rings. The van der Waals surface area contributed by atoms with E-state index < -0.39 is 6.04 Å². The zero-order valence-electron chi connectivity index (χ0n) is 19.5. The predicted molar refractivity (Wildman–Crippen MR) is 125 cm³/mol. The van der Waals surface area contributed by atoms with Gasteiger partial charge >= 0.3 is 0 Å². The van der Waals surface area contributed by atoms with Crippen LogP contribution < -0.4 is 10.6 Å². The van der Waals surface area contributed by atoms with Crippen molar-refractivity contribution >= 4 is 23.4 Å². The Kier molecular flexibility index (Phi) is 7.27. The Morgan fingerprint density at radius 1 is 1.09 bits per heavy atom. The molecular weight excluding hydrogens is 420 g/mol. The van der Waals surface area contributed by atoms with Gasteiger partial charge in [-0.3, -0.25) is 14.4 Å². The van der Waals surface area contributed by atoms with Gasteiger partial charge in [0.15, 0.2) is 0 Å². The van der Waals surface area contributed by atoms with Crippen LogP contribution in [0.4, 0.5) is 0 Å². The fraction of sp³-hybridized carbons (Fsp3) is 0.583. The van der Waals surface area contributed by atoms with Crippen molar-refractivity contribution in [2.24, 2.45) is 5.92 Å². The lowest BCUT2D eigenvalue weighted by Crippen LogP contribution is -2.58. The predicted octanol–water partition coefficient (Wildman–Crippen LogP) is 1.21. The maximum Gasteiger partial charge on any atom is 0.254 e. The highest BCUT2D eigenvalue weighted by Crippen LogP contribution is 2.28. The van der Waals surface area contributed by atoms with Gasteiger partial charge in [-0.25, -0.2) is 4.98 Å². The van der Waals surface area contributed by atoms with E-state index in [2.05, 4.69) is 15.6 Å². The summed E-state index contributed by atoms with van der Waals surface area (Å²) in [6.45, 7) is 4.02. The summed E-state index contributed by atoms with van der Waals surface area (Å²) in [4.78, 5) is 46.8. The number of carbonyl (C=O) groups is 3. The van der Waals surface area contributed by atoms with Crippen molar-refractivity contribution < 1.29 is 14.4 Å². The molecule has 1 saturated heterocycles. The van der Waals surface area contributed by atoms with Gasteiger partial charge in [-0.05, 0) is 44.9 Å². The molecule has 33 heavy (non-hydrogen) atoms. The summed E-state index contributed by atoms with van der Waals surface area (Å²) < 4.78 is 1.90. The van der Waals surface area contributed by atoms with Crippen molar-refractivity contribution in [3.05, 3.63) is 35.8 Å².